The quantitative estimate of drug-likeness (QED) is 0.755. The molecule has 0 heterocycles. The molecule has 0 atom stereocenters. The van der Waals surface area contributed by atoms with E-state index in [1.807, 2.05) is 0 Å². The highest BCUT2D eigenvalue weighted by Crippen LogP contribution is 2.32. The molecule has 0 aliphatic carbocycles. The van der Waals surface area contributed by atoms with Crippen LogP contribution in [0.2, 0.25) is 15.1 Å². The standard InChI is InChI=1S/C14H11Cl3FNO/c1-20-8-2-5-12(18)13(6-8)19-7-9-10(15)3-4-11(16)14(9)17/h2-6,19H,7H2,1H3. The van der Waals surface area contributed by atoms with E-state index in [1.54, 1.807) is 24.3 Å². The molecule has 6 heteroatoms. The van der Waals surface area contributed by atoms with Gasteiger partial charge < -0.3 is 10.1 Å². The van der Waals surface area contributed by atoms with E-state index in [2.05, 4.69) is 5.32 Å². The Morgan fingerprint density at radius 1 is 1.10 bits per heavy atom. The van der Waals surface area contributed by atoms with Crippen LogP contribution in [0.15, 0.2) is 30.3 Å². The molecule has 0 aliphatic heterocycles. The van der Waals surface area contributed by atoms with Crippen LogP contribution in [-0.4, -0.2) is 7.11 Å². The van der Waals surface area contributed by atoms with Crippen LogP contribution in [0.5, 0.6) is 5.75 Å². The molecule has 0 bridgehead atoms. The highest BCUT2D eigenvalue weighted by Gasteiger charge is 2.11. The monoisotopic (exact) mass is 333 g/mol. The number of ether oxygens (including phenoxy) is 1. The molecule has 0 aliphatic rings. The van der Waals surface area contributed by atoms with Gasteiger partial charge in [0.2, 0.25) is 0 Å². The minimum Gasteiger partial charge on any atom is -0.497 e. The fourth-order valence-corrected chi connectivity index (χ4v) is 2.36. The molecule has 0 unspecified atom stereocenters. The Bertz CT molecular complexity index is 634. The molecule has 0 amide bonds. The third-order valence-electron chi connectivity index (χ3n) is 2.77. The maximum Gasteiger partial charge on any atom is 0.146 e. The average Bonchev–Trinajstić information content (AvgIpc) is 2.45. The zero-order valence-electron chi connectivity index (χ0n) is 10.5. The number of methoxy groups -OCH3 is 1. The third kappa shape index (κ3) is 3.29. The van der Waals surface area contributed by atoms with Crippen molar-refractivity contribution in [3.63, 3.8) is 0 Å². The smallest absolute Gasteiger partial charge is 0.146 e. The number of rotatable bonds is 4. The van der Waals surface area contributed by atoms with E-state index in [1.165, 1.54) is 13.2 Å². The first-order valence-electron chi connectivity index (χ1n) is 5.72. The fourth-order valence-electron chi connectivity index (χ4n) is 1.68. The van der Waals surface area contributed by atoms with Crippen LogP contribution >= 0.6 is 34.8 Å². The number of hydrogen-bond acceptors (Lipinski definition) is 2. The number of nitrogens with one attached hydrogen (secondary N) is 1. The second-order valence-electron chi connectivity index (χ2n) is 4.02. The lowest BCUT2D eigenvalue weighted by Gasteiger charge is -2.12. The molecule has 0 spiro atoms. The van der Waals surface area contributed by atoms with Crippen LogP contribution in [0.25, 0.3) is 0 Å². The van der Waals surface area contributed by atoms with Crippen LogP contribution in [0, 0.1) is 5.82 Å². The largest absolute Gasteiger partial charge is 0.497 e. The molecule has 106 valence electrons. The van der Waals surface area contributed by atoms with Gasteiger partial charge in [0.05, 0.1) is 22.8 Å². The first-order valence-corrected chi connectivity index (χ1v) is 6.86. The Kier molecular flexibility index (Phi) is 4.97. The second-order valence-corrected chi connectivity index (χ2v) is 5.21. The molecule has 0 aromatic heterocycles. The van der Waals surface area contributed by atoms with E-state index in [4.69, 9.17) is 39.5 Å². The van der Waals surface area contributed by atoms with Crippen molar-refractivity contribution in [2.75, 3.05) is 12.4 Å². The number of benzene rings is 2. The molecule has 0 saturated heterocycles. The van der Waals surface area contributed by atoms with Crippen LogP contribution in [0.3, 0.4) is 0 Å². The van der Waals surface area contributed by atoms with Crippen molar-refractivity contribution in [2.24, 2.45) is 0 Å². The van der Waals surface area contributed by atoms with Crippen molar-refractivity contribution in [3.05, 3.63) is 56.8 Å². The number of anilines is 1. The highest BCUT2D eigenvalue weighted by molar-refractivity contribution is 6.44. The summed E-state index contributed by atoms with van der Waals surface area (Å²) in [6, 6.07) is 7.68. The van der Waals surface area contributed by atoms with E-state index in [9.17, 15) is 4.39 Å². The summed E-state index contributed by atoms with van der Waals surface area (Å²) in [7, 11) is 1.52. The summed E-state index contributed by atoms with van der Waals surface area (Å²) >= 11 is 18.1. The summed E-state index contributed by atoms with van der Waals surface area (Å²) < 4.78 is 18.7. The van der Waals surface area contributed by atoms with Crippen LogP contribution in [0.1, 0.15) is 5.56 Å². The van der Waals surface area contributed by atoms with E-state index >= 15 is 0 Å². The lowest BCUT2D eigenvalue weighted by atomic mass is 10.2. The van der Waals surface area contributed by atoms with Crippen molar-refractivity contribution < 1.29 is 9.13 Å². The fraction of sp³-hybridized carbons (Fsp3) is 0.143. The average molecular weight is 335 g/mol. The summed E-state index contributed by atoms with van der Waals surface area (Å²) in [5, 5.41) is 4.16. The second kappa shape index (κ2) is 6.53. The van der Waals surface area contributed by atoms with Gasteiger partial charge in [-0.15, -0.1) is 0 Å². The molecule has 0 saturated carbocycles. The van der Waals surface area contributed by atoms with Gasteiger partial charge in [-0.3, -0.25) is 0 Å². The van der Waals surface area contributed by atoms with E-state index < -0.39 is 0 Å². The Labute approximate surface area is 131 Å². The normalized spacial score (nSPS) is 10.4. The Morgan fingerprint density at radius 2 is 1.80 bits per heavy atom. The first-order chi connectivity index (χ1) is 9.52. The molecular formula is C14H11Cl3FNO. The topological polar surface area (TPSA) is 21.3 Å². The van der Waals surface area contributed by atoms with Gasteiger partial charge >= 0.3 is 0 Å². The Morgan fingerprint density at radius 3 is 2.50 bits per heavy atom. The molecule has 20 heavy (non-hydrogen) atoms. The van der Waals surface area contributed by atoms with Crippen molar-refractivity contribution in [2.45, 2.75) is 6.54 Å². The van der Waals surface area contributed by atoms with Crippen LogP contribution in [-0.2, 0) is 6.54 Å². The van der Waals surface area contributed by atoms with E-state index in [0.29, 0.717) is 32.1 Å². The number of halogens is 4. The third-order valence-corrected chi connectivity index (χ3v) is 3.97. The van der Waals surface area contributed by atoms with Crippen molar-refractivity contribution >= 4 is 40.5 Å². The lowest BCUT2D eigenvalue weighted by Crippen LogP contribution is -2.03. The summed E-state index contributed by atoms with van der Waals surface area (Å²) in [6.07, 6.45) is 0. The Hall–Kier alpha value is -1.16. The lowest BCUT2D eigenvalue weighted by molar-refractivity contribution is 0.414. The molecule has 1 N–H and O–H groups in total. The number of hydrogen-bond donors (Lipinski definition) is 1. The van der Waals surface area contributed by atoms with Crippen molar-refractivity contribution in [1.29, 1.82) is 0 Å². The maximum absolute atomic E-state index is 13.7. The first kappa shape index (κ1) is 15.2. The zero-order chi connectivity index (χ0) is 14.7. The minimum absolute atomic E-state index is 0.252. The maximum atomic E-state index is 13.7. The summed E-state index contributed by atoms with van der Waals surface area (Å²) in [5.74, 6) is 0.164. The summed E-state index contributed by atoms with van der Waals surface area (Å²) in [5.41, 5.74) is 0.916. The van der Waals surface area contributed by atoms with Crippen molar-refractivity contribution in [3.8, 4) is 5.75 Å². The summed E-state index contributed by atoms with van der Waals surface area (Å²) in [4.78, 5) is 0. The predicted octanol–water partition coefficient (Wildman–Crippen LogP) is 5.41. The summed E-state index contributed by atoms with van der Waals surface area (Å²) in [6.45, 7) is 0.252. The zero-order valence-corrected chi connectivity index (χ0v) is 12.8. The van der Waals surface area contributed by atoms with Gasteiger partial charge in [-0.25, -0.2) is 4.39 Å². The van der Waals surface area contributed by atoms with Gasteiger partial charge in [0.15, 0.2) is 0 Å². The van der Waals surface area contributed by atoms with Gasteiger partial charge in [-0.2, -0.15) is 0 Å². The minimum atomic E-state index is -0.389. The molecular weight excluding hydrogens is 324 g/mol. The molecule has 2 nitrogen and oxygen atoms in total. The predicted molar refractivity (Wildman–Crippen MR) is 81.8 cm³/mol. The van der Waals surface area contributed by atoms with Gasteiger partial charge in [-0.1, -0.05) is 34.8 Å². The Balaban J connectivity index is 2.23. The van der Waals surface area contributed by atoms with Gasteiger partial charge in [-0.05, 0) is 24.3 Å². The van der Waals surface area contributed by atoms with E-state index in [-0.39, 0.29) is 12.4 Å². The van der Waals surface area contributed by atoms with Gasteiger partial charge in [0.25, 0.3) is 0 Å². The molecule has 2 aromatic rings. The van der Waals surface area contributed by atoms with Crippen molar-refractivity contribution in [1.82, 2.24) is 0 Å². The molecule has 0 fully saturated rings. The van der Waals surface area contributed by atoms with E-state index in [0.717, 1.165) is 0 Å². The molecule has 0 radical (unpaired) electrons. The molecule has 2 aromatic carbocycles. The van der Waals surface area contributed by atoms with Gasteiger partial charge in [0, 0.05) is 23.2 Å². The van der Waals surface area contributed by atoms with Crippen LogP contribution in [0.4, 0.5) is 10.1 Å². The highest BCUT2D eigenvalue weighted by atomic mass is 35.5. The SMILES string of the molecule is COc1ccc(F)c(NCc2c(Cl)ccc(Cl)c2Cl)c1. The molecule has 2 rings (SSSR count). The van der Waals surface area contributed by atoms with Crippen LogP contribution < -0.4 is 10.1 Å². The van der Waals surface area contributed by atoms with Gasteiger partial charge in [0.1, 0.15) is 11.6 Å².